The maximum Gasteiger partial charge on any atom is 0.434 e. The van der Waals surface area contributed by atoms with Crippen LogP contribution in [0.3, 0.4) is 0 Å². The second kappa shape index (κ2) is 14.0. The van der Waals surface area contributed by atoms with Crippen LogP contribution in [0, 0.1) is 6.92 Å². The second-order valence-corrected chi connectivity index (χ2v) is 13.3. The lowest BCUT2D eigenvalue weighted by Gasteiger charge is -2.54. The number of carbonyl (C=O) groups is 1. The second-order valence-electron chi connectivity index (χ2n) is 13.3. The molecule has 4 aliphatic heterocycles. The van der Waals surface area contributed by atoms with Crippen LogP contribution in [0.1, 0.15) is 53.3 Å². The van der Waals surface area contributed by atoms with E-state index >= 15 is 0 Å². The highest BCUT2D eigenvalue weighted by Crippen LogP contribution is 2.43. The van der Waals surface area contributed by atoms with Crippen molar-refractivity contribution in [3.8, 4) is 0 Å². The van der Waals surface area contributed by atoms with Gasteiger partial charge >= 0.3 is 12.3 Å². The average Bonchev–Trinajstić information content (AvgIpc) is 3.41. The molecule has 3 fully saturated rings. The number of rotatable bonds is 8. The highest BCUT2D eigenvalue weighted by Gasteiger charge is 2.47. The van der Waals surface area contributed by atoms with Crippen LogP contribution in [0.2, 0.25) is 0 Å². The largest absolute Gasteiger partial charge is 0.445 e. The van der Waals surface area contributed by atoms with Gasteiger partial charge in [0.05, 0.1) is 25.4 Å². The first-order chi connectivity index (χ1) is 23.7. The van der Waals surface area contributed by atoms with Crippen LogP contribution in [0.4, 0.5) is 29.7 Å². The summed E-state index contributed by atoms with van der Waals surface area (Å²) < 4.78 is 56.3. The van der Waals surface area contributed by atoms with Crippen LogP contribution in [0.15, 0.2) is 42.6 Å². The fourth-order valence-electron chi connectivity index (χ4n) is 7.69. The molecule has 49 heavy (non-hydrogen) atoms. The molecular formula is C35H43F3N8O3. The van der Waals surface area contributed by atoms with Gasteiger partial charge < -0.3 is 24.2 Å². The minimum absolute atomic E-state index is 0.0148. The van der Waals surface area contributed by atoms with Crippen molar-refractivity contribution in [1.29, 1.82) is 0 Å². The Kier molecular flexibility index (Phi) is 9.51. The molecule has 1 aromatic carbocycles. The fourth-order valence-corrected chi connectivity index (χ4v) is 7.69. The number of anilines is 2. The van der Waals surface area contributed by atoms with Crippen molar-refractivity contribution in [1.82, 2.24) is 29.5 Å². The standard InChI is InChI=1S/C35H43F3N8O3/c1-24-21-39-46(19-20-48-2)30(24)26-11-13-43(14-12-26)33-40-31(35(36,37)38)27-9-6-10-28-29(22-45(28)32(27)41-33)42-15-17-44(18-16-42)34(47)49-23-25-7-4-3-5-8-25/h3-9,21,26,28-29H,10-20,22-23H2,1-2H3/t28-,29+/m0/s1. The van der Waals surface area contributed by atoms with Gasteiger partial charge in [-0.15, -0.1) is 0 Å². The average molecular weight is 681 g/mol. The van der Waals surface area contributed by atoms with E-state index in [1.807, 2.05) is 57.1 Å². The molecular weight excluding hydrogens is 637 g/mol. The number of ether oxygens (including phenoxy) is 2. The van der Waals surface area contributed by atoms with Gasteiger partial charge in [0.15, 0.2) is 5.69 Å². The van der Waals surface area contributed by atoms with E-state index in [9.17, 15) is 18.0 Å². The Hall–Kier alpha value is -4.17. The smallest absolute Gasteiger partial charge is 0.434 e. The molecule has 4 aliphatic rings. The molecule has 0 bridgehead atoms. The zero-order chi connectivity index (χ0) is 34.1. The Morgan fingerprint density at radius 2 is 1.76 bits per heavy atom. The molecule has 262 valence electrons. The van der Waals surface area contributed by atoms with Gasteiger partial charge in [-0.3, -0.25) is 9.58 Å². The quantitative estimate of drug-likeness (QED) is 0.328. The molecule has 0 saturated carbocycles. The minimum atomic E-state index is -4.62. The predicted octanol–water partition coefficient (Wildman–Crippen LogP) is 4.96. The van der Waals surface area contributed by atoms with Crippen molar-refractivity contribution in [2.24, 2.45) is 0 Å². The molecule has 0 spiro atoms. The summed E-state index contributed by atoms with van der Waals surface area (Å²) in [6.07, 6.45) is 2.43. The molecule has 14 heteroatoms. The maximum absolute atomic E-state index is 14.5. The molecule has 11 nitrogen and oxygen atoms in total. The van der Waals surface area contributed by atoms with E-state index in [1.165, 1.54) is 5.69 Å². The number of hydrogen-bond acceptors (Lipinski definition) is 9. The number of fused-ring (bicyclic) bond motifs is 3. The lowest BCUT2D eigenvalue weighted by molar-refractivity contribution is -0.141. The fraction of sp³-hybridized carbons (Fsp3) is 0.543. The number of nitrogens with zero attached hydrogens (tertiary/aromatic N) is 8. The molecule has 0 radical (unpaired) electrons. The van der Waals surface area contributed by atoms with E-state index in [-0.39, 0.29) is 42.2 Å². The molecule has 0 N–H and O–H groups in total. The number of piperidine rings is 1. The van der Waals surface area contributed by atoms with Crippen LogP contribution in [0.5, 0.6) is 0 Å². The molecule has 0 unspecified atom stereocenters. The molecule has 6 heterocycles. The first kappa shape index (κ1) is 33.3. The molecule has 7 rings (SSSR count). The van der Waals surface area contributed by atoms with Crippen LogP contribution < -0.4 is 9.80 Å². The van der Waals surface area contributed by atoms with E-state index in [0.717, 1.165) is 24.0 Å². The Balaban J connectivity index is 1.02. The number of amides is 1. The summed E-state index contributed by atoms with van der Waals surface area (Å²) in [6, 6.07) is 9.72. The summed E-state index contributed by atoms with van der Waals surface area (Å²) >= 11 is 0. The van der Waals surface area contributed by atoms with Crippen LogP contribution in [0.25, 0.3) is 6.08 Å². The Morgan fingerprint density at radius 1 is 1.00 bits per heavy atom. The SMILES string of the molecule is COCCn1ncc(C)c1C1CCN(c2nc3c(c(C(F)(F)F)n2)C=CC[C@H]2[C@H](N4CCN(C(=O)OCc5ccccc5)CC4)CN32)CC1. The van der Waals surface area contributed by atoms with Gasteiger partial charge in [-0.2, -0.15) is 23.3 Å². The van der Waals surface area contributed by atoms with Crippen molar-refractivity contribution in [2.75, 3.05) is 69.3 Å². The van der Waals surface area contributed by atoms with E-state index in [2.05, 4.69) is 21.9 Å². The van der Waals surface area contributed by atoms with E-state index in [4.69, 9.17) is 14.5 Å². The summed E-state index contributed by atoms with van der Waals surface area (Å²) in [6.45, 7) is 7.59. The zero-order valence-electron chi connectivity index (χ0n) is 28.0. The Bertz CT molecular complexity index is 1650. The lowest BCUT2D eigenvalue weighted by Crippen LogP contribution is -2.69. The number of alkyl halides is 3. The number of aryl methyl sites for hydroxylation is 1. The summed E-state index contributed by atoms with van der Waals surface area (Å²) in [7, 11) is 1.66. The summed E-state index contributed by atoms with van der Waals surface area (Å²) in [5, 5.41) is 4.53. The summed E-state index contributed by atoms with van der Waals surface area (Å²) in [4.78, 5) is 29.7. The number of benzene rings is 1. The highest BCUT2D eigenvalue weighted by molar-refractivity contribution is 5.72. The molecule has 2 atom stereocenters. The van der Waals surface area contributed by atoms with Gasteiger partial charge in [-0.05, 0) is 37.3 Å². The van der Waals surface area contributed by atoms with Crippen molar-refractivity contribution in [2.45, 2.75) is 63.5 Å². The van der Waals surface area contributed by atoms with Gasteiger partial charge in [-0.25, -0.2) is 9.78 Å². The monoisotopic (exact) mass is 680 g/mol. The normalized spacial score (nSPS) is 21.6. The molecule has 2 aromatic heterocycles. The molecule has 3 aromatic rings. The predicted molar refractivity (Wildman–Crippen MR) is 178 cm³/mol. The third-order valence-corrected chi connectivity index (χ3v) is 10.3. The van der Waals surface area contributed by atoms with Crippen LogP contribution in [-0.2, 0) is 28.8 Å². The Labute approximate surface area is 284 Å². The number of methoxy groups -OCH3 is 1. The van der Waals surface area contributed by atoms with E-state index < -0.39 is 11.9 Å². The third-order valence-electron chi connectivity index (χ3n) is 10.3. The summed E-state index contributed by atoms with van der Waals surface area (Å²) in [5.41, 5.74) is 2.37. The van der Waals surface area contributed by atoms with Crippen LogP contribution in [-0.4, -0.2) is 107 Å². The number of carbonyl (C=O) groups excluding carboxylic acids is 1. The van der Waals surface area contributed by atoms with Gasteiger partial charge in [-0.1, -0.05) is 42.5 Å². The minimum Gasteiger partial charge on any atom is -0.445 e. The van der Waals surface area contributed by atoms with Gasteiger partial charge in [0.25, 0.3) is 0 Å². The third kappa shape index (κ3) is 6.85. The number of halogens is 3. The van der Waals surface area contributed by atoms with Crippen molar-refractivity contribution in [3.05, 3.63) is 70.7 Å². The first-order valence-corrected chi connectivity index (χ1v) is 17.1. The Morgan fingerprint density at radius 3 is 2.47 bits per heavy atom. The molecule has 3 saturated heterocycles. The van der Waals surface area contributed by atoms with E-state index in [0.29, 0.717) is 71.2 Å². The van der Waals surface area contributed by atoms with E-state index in [1.54, 1.807) is 18.1 Å². The molecule has 1 amide bonds. The number of aromatic nitrogens is 4. The van der Waals surface area contributed by atoms with Gasteiger partial charge in [0.2, 0.25) is 5.95 Å². The number of hydrogen-bond donors (Lipinski definition) is 0. The maximum atomic E-state index is 14.5. The summed E-state index contributed by atoms with van der Waals surface area (Å²) in [5.74, 6) is 0.730. The van der Waals surface area contributed by atoms with Crippen molar-refractivity contribution >= 4 is 23.9 Å². The lowest BCUT2D eigenvalue weighted by atomic mass is 9.91. The highest BCUT2D eigenvalue weighted by atomic mass is 19.4. The first-order valence-electron chi connectivity index (χ1n) is 17.1. The topological polar surface area (TPSA) is 92.1 Å². The van der Waals surface area contributed by atoms with Gasteiger partial charge in [0.1, 0.15) is 12.4 Å². The van der Waals surface area contributed by atoms with Gasteiger partial charge in [0, 0.05) is 76.1 Å². The van der Waals surface area contributed by atoms with Crippen molar-refractivity contribution < 1.29 is 27.4 Å². The number of piperazine rings is 1. The van der Waals surface area contributed by atoms with Crippen molar-refractivity contribution in [3.63, 3.8) is 0 Å². The van der Waals surface area contributed by atoms with Crippen LogP contribution >= 0.6 is 0 Å². The molecule has 0 aliphatic carbocycles. The zero-order valence-corrected chi connectivity index (χ0v) is 28.0.